The molecule has 0 aliphatic carbocycles. The summed E-state index contributed by atoms with van der Waals surface area (Å²) < 4.78 is 5.25. The first kappa shape index (κ1) is 17.0. The van der Waals surface area contributed by atoms with Gasteiger partial charge in [0, 0.05) is 23.1 Å². The molecule has 0 saturated carbocycles. The van der Waals surface area contributed by atoms with Crippen molar-refractivity contribution in [2.45, 2.75) is 26.4 Å². The van der Waals surface area contributed by atoms with Gasteiger partial charge in [-0.1, -0.05) is 24.6 Å². The van der Waals surface area contributed by atoms with Crippen LogP contribution in [0.25, 0.3) is 0 Å². The molecule has 1 aromatic carbocycles. The van der Waals surface area contributed by atoms with Crippen molar-refractivity contribution in [1.82, 2.24) is 4.98 Å². The molecule has 0 spiro atoms. The quantitative estimate of drug-likeness (QED) is 0.849. The molecule has 0 saturated heterocycles. The summed E-state index contributed by atoms with van der Waals surface area (Å²) in [5.74, 6) is -0.980. The van der Waals surface area contributed by atoms with Gasteiger partial charge in [0.2, 0.25) is 0 Å². The molecule has 1 N–H and O–H groups in total. The van der Waals surface area contributed by atoms with Crippen LogP contribution in [0.3, 0.4) is 0 Å². The van der Waals surface area contributed by atoms with E-state index < -0.39 is 18.0 Å². The smallest absolute Gasteiger partial charge is 0.340 e. The summed E-state index contributed by atoms with van der Waals surface area (Å²) >= 11 is 6.03. The Hall–Kier alpha value is -2.40. The van der Waals surface area contributed by atoms with Crippen LogP contribution in [-0.2, 0) is 9.53 Å². The molecule has 1 aromatic heterocycles. The highest BCUT2D eigenvalue weighted by Crippen LogP contribution is 2.20. The summed E-state index contributed by atoms with van der Waals surface area (Å²) in [5.41, 5.74) is 1.78. The third kappa shape index (κ3) is 4.53. The largest absolute Gasteiger partial charge is 0.449 e. The lowest BCUT2D eigenvalue weighted by molar-refractivity contribution is -0.124. The molecule has 5 nitrogen and oxygen atoms in total. The summed E-state index contributed by atoms with van der Waals surface area (Å²) in [6.07, 6.45) is 2.43. The highest BCUT2D eigenvalue weighted by atomic mass is 35.5. The van der Waals surface area contributed by atoms with Gasteiger partial charge < -0.3 is 10.1 Å². The number of aryl methyl sites for hydroxylation is 1. The Morgan fingerprint density at radius 3 is 2.74 bits per heavy atom. The van der Waals surface area contributed by atoms with Gasteiger partial charge in [0.15, 0.2) is 6.10 Å². The van der Waals surface area contributed by atoms with Crippen LogP contribution >= 0.6 is 11.6 Å². The Morgan fingerprint density at radius 2 is 2.13 bits per heavy atom. The Kier molecular flexibility index (Phi) is 5.71. The van der Waals surface area contributed by atoms with E-state index in [2.05, 4.69) is 10.3 Å². The molecule has 2 rings (SSSR count). The van der Waals surface area contributed by atoms with Crippen molar-refractivity contribution in [1.29, 1.82) is 0 Å². The van der Waals surface area contributed by atoms with E-state index >= 15 is 0 Å². The van der Waals surface area contributed by atoms with Gasteiger partial charge in [0.25, 0.3) is 5.91 Å². The van der Waals surface area contributed by atoms with Gasteiger partial charge in [-0.2, -0.15) is 0 Å². The molecule has 0 fully saturated rings. The molecule has 1 amide bonds. The van der Waals surface area contributed by atoms with Crippen molar-refractivity contribution in [3.8, 4) is 0 Å². The second kappa shape index (κ2) is 7.74. The van der Waals surface area contributed by atoms with Crippen LogP contribution in [0, 0.1) is 6.92 Å². The maximum absolute atomic E-state index is 12.3. The maximum Gasteiger partial charge on any atom is 0.340 e. The van der Waals surface area contributed by atoms with E-state index in [9.17, 15) is 9.59 Å². The molecule has 2 aromatic rings. The fourth-order valence-electron chi connectivity index (χ4n) is 1.90. The molecule has 6 heteroatoms. The van der Waals surface area contributed by atoms with Crippen molar-refractivity contribution < 1.29 is 14.3 Å². The molecule has 1 unspecified atom stereocenters. The summed E-state index contributed by atoms with van der Waals surface area (Å²) in [6.45, 7) is 3.64. The molecule has 1 atom stereocenters. The minimum absolute atomic E-state index is 0.303. The molecule has 120 valence electrons. The first-order chi connectivity index (χ1) is 11.0. The summed E-state index contributed by atoms with van der Waals surface area (Å²) in [6, 6.07) is 8.42. The number of nitrogens with one attached hydrogen (secondary N) is 1. The van der Waals surface area contributed by atoms with Gasteiger partial charge in [-0.15, -0.1) is 0 Å². The predicted molar refractivity (Wildman–Crippen MR) is 88.6 cm³/mol. The van der Waals surface area contributed by atoms with E-state index in [4.69, 9.17) is 16.3 Å². The topological polar surface area (TPSA) is 68.3 Å². The second-order valence-corrected chi connectivity index (χ2v) is 5.40. The first-order valence-corrected chi connectivity index (χ1v) is 7.57. The van der Waals surface area contributed by atoms with Crippen LogP contribution in [0.4, 0.5) is 5.69 Å². The van der Waals surface area contributed by atoms with Gasteiger partial charge in [-0.05, 0) is 43.2 Å². The van der Waals surface area contributed by atoms with E-state index in [-0.39, 0.29) is 0 Å². The lowest BCUT2D eigenvalue weighted by Gasteiger charge is -2.16. The molecule has 0 radical (unpaired) electrons. The van der Waals surface area contributed by atoms with Crippen LogP contribution in [-0.4, -0.2) is 23.0 Å². The Labute approximate surface area is 139 Å². The second-order valence-electron chi connectivity index (χ2n) is 5.00. The van der Waals surface area contributed by atoms with Crippen LogP contribution in [0.1, 0.15) is 29.3 Å². The van der Waals surface area contributed by atoms with Gasteiger partial charge in [0.1, 0.15) is 0 Å². The highest BCUT2D eigenvalue weighted by molar-refractivity contribution is 6.31. The minimum Gasteiger partial charge on any atom is -0.449 e. The van der Waals surface area contributed by atoms with Crippen molar-refractivity contribution in [2.24, 2.45) is 0 Å². The van der Waals surface area contributed by atoms with E-state index in [1.54, 1.807) is 43.5 Å². The van der Waals surface area contributed by atoms with Crippen LogP contribution in [0.2, 0.25) is 5.02 Å². The number of ether oxygens (including phenoxy) is 1. The SMILES string of the molecule is CCC(OC(=O)c1cccnc1)C(=O)Nc1ccc(C)c(Cl)c1. The van der Waals surface area contributed by atoms with Crippen molar-refractivity contribution >= 4 is 29.2 Å². The van der Waals surface area contributed by atoms with E-state index in [0.717, 1.165) is 5.56 Å². The monoisotopic (exact) mass is 332 g/mol. The number of pyridine rings is 1. The fraction of sp³-hybridized carbons (Fsp3) is 0.235. The highest BCUT2D eigenvalue weighted by Gasteiger charge is 2.22. The standard InChI is InChI=1S/C17H17ClN2O3/c1-3-15(23-17(22)12-5-4-8-19-10-12)16(21)20-13-7-6-11(2)14(18)9-13/h4-10,15H,3H2,1-2H3,(H,20,21). The number of amides is 1. The van der Waals surface area contributed by atoms with Crippen LogP contribution in [0.15, 0.2) is 42.7 Å². The third-order valence-corrected chi connectivity index (χ3v) is 3.66. The Bertz CT molecular complexity index is 704. The molecule has 0 aliphatic rings. The number of esters is 1. The van der Waals surface area contributed by atoms with E-state index in [0.29, 0.717) is 22.7 Å². The lowest BCUT2D eigenvalue weighted by Crippen LogP contribution is -2.32. The fourth-order valence-corrected chi connectivity index (χ4v) is 2.08. The zero-order valence-electron chi connectivity index (χ0n) is 12.9. The first-order valence-electron chi connectivity index (χ1n) is 7.19. The molecule has 0 bridgehead atoms. The maximum atomic E-state index is 12.3. The third-order valence-electron chi connectivity index (χ3n) is 3.25. The number of hydrogen-bond donors (Lipinski definition) is 1. The number of carbonyl (C=O) groups is 2. The molecular weight excluding hydrogens is 316 g/mol. The van der Waals surface area contributed by atoms with Gasteiger partial charge in [-0.3, -0.25) is 9.78 Å². The molecular formula is C17H17ClN2O3. The molecule has 0 aliphatic heterocycles. The van der Waals surface area contributed by atoms with Crippen molar-refractivity contribution in [3.05, 3.63) is 58.9 Å². The average molecular weight is 333 g/mol. The summed E-state index contributed by atoms with van der Waals surface area (Å²) in [5, 5.41) is 3.26. The zero-order chi connectivity index (χ0) is 16.8. The van der Waals surface area contributed by atoms with Gasteiger partial charge in [-0.25, -0.2) is 4.79 Å². The number of halogens is 1. The number of rotatable bonds is 5. The lowest BCUT2D eigenvalue weighted by atomic mass is 10.2. The van der Waals surface area contributed by atoms with Gasteiger partial charge >= 0.3 is 5.97 Å². The summed E-state index contributed by atoms with van der Waals surface area (Å²) in [4.78, 5) is 28.1. The number of carbonyl (C=O) groups excluding carboxylic acids is 2. The molecule has 23 heavy (non-hydrogen) atoms. The minimum atomic E-state index is -0.886. The Morgan fingerprint density at radius 1 is 1.35 bits per heavy atom. The summed E-state index contributed by atoms with van der Waals surface area (Å²) in [7, 11) is 0. The number of anilines is 1. The number of aromatic nitrogens is 1. The number of nitrogens with zero attached hydrogens (tertiary/aromatic N) is 1. The van der Waals surface area contributed by atoms with Gasteiger partial charge in [0.05, 0.1) is 5.56 Å². The average Bonchev–Trinajstić information content (AvgIpc) is 2.56. The Balaban J connectivity index is 2.03. The van der Waals surface area contributed by atoms with E-state index in [1.165, 1.54) is 6.20 Å². The van der Waals surface area contributed by atoms with Crippen LogP contribution < -0.4 is 5.32 Å². The predicted octanol–water partition coefficient (Wildman–Crippen LogP) is 3.62. The normalized spacial score (nSPS) is 11.6. The van der Waals surface area contributed by atoms with Crippen molar-refractivity contribution in [3.63, 3.8) is 0 Å². The molecule has 1 heterocycles. The zero-order valence-corrected chi connectivity index (χ0v) is 13.6. The van der Waals surface area contributed by atoms with Crippen molar-refractivity contribution in [2.75, 3.05) is 5.32 Å². The number of hydrogen-bond acceptors (Lipinski definition) is 4. The van der Waals surface area contributed by atoms with Crippen LogP contribution in [0.5, 0.6) is 0 Å². The van der Waals surface area contributed by atoms with E-state index in [1.807, 2.05) is 6.92 Å². The number of benzene rings is 1.